The van der Waals surface area contributed by atoms with Crippen LogP contribution in [0.2, 0.25) is 0 Å². The molecule has 4 heterocycles. The van der Waals surface area contributed by atoms with Crippen molar-refractivity contribution in [3.05, 3.63) is 78.5 Å². The Morgan fingerprint density at radius 1 is 1.12 bits per heavy atom. The Kier molecular flexibility index (Phi) is 6.24. The lowest BCUT2D eigenvalue weighted by Crippen LogP contribution is -3.20. The summed E-state index contributed by atoms with van der Waals surface area (Å²) in [5, 5.41) is 0.955. The van der Waals surface area contributed by atoms with Crippen LogP contribution < -0.4 is 14.4 Å². The second-order valence-electron chi connectivity index (χ2n) is 9.24. The molecular formula is C28H31N2O4+. The van der Waals surface area contributed by atoms with Crippen LogP contribution in [0.3, 0.4) is 0 Å². The van der Waals surface area contributed by atoms with Crippen LogP contribution in [0.15, 0.2) is 67.4 Å². The van der Waals surface area contributed by atoms with Crippen molar-refractivity contribution in [2.45, 2.75) is 25.0 Å². The highest BCUT2D eigenvalue weighted by Gasteiger charge is 2.47. The molecule has 3 aliphatic heterocycles. The van der Waals surface area contributed by atoms with E-state index >= 15 is 0 Å². The van der Waals surface area contributed by atoms with Gasteiger partial charge in [-0.05, 0) is 54.4 Å². The monoisotopic (exact) mass is 459 g/mol. The molecule has 3 aliphatic rings. The Morgan fingerprint density at radius 2 is 1.88 bits per heavy atom. The minimum Gasteiger partial charge on any atom is -0.497 e. The highest BCUT2D eigenvalue weighted by Crippen LogP contribution is 2.37. The summed E-state index contributed by atoms with van der Waals surface area (Å²) in [5.74, 6) is 2.22. The molecule has 3 fully saturated rings. The number of methoxy groups -OCH3 is 2. The first-order chi connectivity index (χ1) is 16.6. The fraction of sp³-hybridized carbons (Fsp3) is 0.357. The van der Waals surface area contributed by atoms with E-state index < -0.39 is 6.10 Å². The topological polar surface area (TPSA) is 62.1 Å². The molecule has 0 aliphatic carbocycles. The average Bonchev–Trinajstić information content (AvgIpc) is 2.91. The summed E-state index contributed by atoms with van der Waals surface area (Å²) in [4.78, 5) is 19.4. The molecule has 0 saturated carbocycles. The number of rotatable bonds is 7. The molecule has 5 atom stereocenters. The normalized spacial score (nSPS) is 24.4. The van der Waals surface area contributed by atoms with Crippen LogP contribution in [-0.4, -0.2) is 44.3 Å². The number of hydrogen-bond donors (Lipinski definition) is 1. The maximum atomic E-state index is 13.3. The zero-order valence-corrected chi connectivity index (χ0v) is 19.7. The van der Waals surface area contributed by atoms with Gasteiger partial charge in [-0.1, -0.05) is 6.08 Å². The quantitative estimate of drug-likeness (QED) is 0.432. The smallest absolute Gasteiger partial charge is 0.338 e. The highest BCUT2D eigenvalue weighted by atomic mass is 16.5. The molecule has 0 radical (unpaired) electrons. The SMILES string of the molecule is C=C[C@H]1C[NH+]2CC[C@H]1C[C@@H]2[C@@H](OC(=O)c1ccc(OC)cc1)c1ccnc2ccc(OC)cc12. The number of fused-ring (bicyclic) bond motifs is 4. The number of benzene rings is 2. The number of quaternary nitrogens is 1. The van der Waals surface area contributed by atoms with Crippen molar-refractivity contribution in [3.8, 4) is 11.5 Å². The van der Waals surface area contributed by atoms with Gasteiger partial charge in [0.25, 0.3) is 0 Å². The van der Waals surface area contributed by atoms with E-state index in [2.05, 4.69) is 17.6 Å². The molecule has 3 saturated heterocycles. The number of pyridine rings is 1. The van der Waals surface area contributed by atoms with Gasteiger partial charge in [0.05, 0.1) is 38.4 Å². The fourth-order valence-electron chi connectivity index (χ4n) is 5.69. The maximum Gasteiger partial charge on any atom is 0.338 e. The molecular weight excluding hydrogens is 428 g/mol. The zero-order chi connectivity index (χ0) is 23.7. The molecule has 6 heteroatoms. The van der Waals surface area contributed by atoms with Gasteiger partial charge >= 0.3 is 5.97 Å². The Morgan fingerprint density at radius 3 is 2.56 bits per heavy atom. The van der Waals surface area contributed by atoms with E-state index in [1.165, 1.54) is 11.3 Å². The number of carbonyl (C=O) groups excluding carboxylic acids is 1. The summed E-state index contributed by atoms with van der Waals surface area (Å²) in [6.07, 6.45) is 5.70. The van der Waals surface area contributed by atoms with Crippen LogP contribution in [0.25, 0.3) is 10.9 Å². The van der Waals surface area contributed by atoms with Gasteiger partial charge in [-0.2, -0.15) is 0 Å². The lowest BCUT2D eigenvalue weighted by molar-refractivity contribution is -0.949. The van der Waals surface area contributed by atoms with Gasteiger partial charge in [0.15, 0.2) is 6.10 Å². The fourth-order valence-corrected chi connectivity index (χ4v) is 5.69. The Hall–Kier alpha value is -3.38. The molecule has 3 aromatic rings. The van der Waals surface area contributed by atoms with Gasteiger partial charge in [0.1, 0.15) is 17.5 Å². The number of hydrogen-bond acceptors (Lipinski definition) is 5. The molecule has 2 aromatic carbocycles. The number of esters is 1. The van der Waals surface area contributed by atoms with Crippen LogP contribution in [0, 0.1) is 11.8 Å². The summed E-state index contributed by atoms with van der Waals surface area (Å²) < 4.78 is 17.1. The van der Waals surface area contributed by atoms with Crippen molar-refractivity contribution in [1.29, 1.82) is 0 Å². The van der Waals surface area contributed by atoms with E-state index in [9.17, 15) is 4.79 Å². The molecule has 0 amide bonds. The summed E-state index contributed by atoms with van der Waals surface area (Å²) in [6.45, 7) is 6.18. The predicted octanol–water partition coefficient (Wildman–Crippen LogP) is 3.63. The molecule has 176 valence electrons. The molecule has 1 aromatic heterocycles. The number of nitrogens with one attached hydrogen (secondary N) is 1. The Labute approximate surface area is 200 Å². The van der Waals surface area contributed by atoms with Gasteiger partial charge in [0.2, 0.25) is 0 Å². The first kappa shape index (κ1) is 22.4. The molecule has 2 bridgehead atoms. The largest absolute Gasteiger partial charge is 0.497 e. The third-order valence-corrected chi connectivity index (χ3v) is 7.54. The average molecular weight is 460 g/mol. The number of carbonyl (C=O) groups is 1. The lowest BCUT2D eigenvalue weighted by Gasteiger charge is -2.48. The Bertz CT molecular complexity index is 1190. The van der Waals surface area contributed by atoms with Crippen LogP contribution in [-0.2, 0) is 4.74 Å². The second-order valence-corrected chi connectivity index (χ2v) is 9.24. The number of nitrogens with zero attached hydrogens (tertiary/aromatic N) is 1. The maximum absolute atomic E-state index is 13.3. The van der Waals surface area contributed by atoms with Gasteiger partial charge in [0, 0.05) is 35.9 Å². The Balaban J connectivity index is 1.54. The van der Waals surface area contributed by atoms with E-state index in [1.807, 2.05) is 24.3 Å². The first-order valence-corrected chi connectivity index (χ1v) is 11.9. The van der Waals surface area contributed by atoms with Crippen molar-refractivity contribution in [2.24, 2.45) is 11.8 Å². The predicted molar refractivity (Wildman–Crippen MR) is 130 cm³/mol. The van der Waals surface area contributed by atoms with Crippen molar-refractivity contribution >= 4 is 16.9 Å². The standard InChI is InChI=1S/C28H30N2O4/c1-4-18-17-30-14-12-20(18)15-26(30)27(34-28(31)19-5-7-21(32-2)8-6-19)23-11-13-29-25-10-9-22(33-3)16-24(23)25/h4-11,13,16,18,20,26-27H,1,12,14-15,17H2,2-3H3/p+1/t18-,20-,26+,27-/m0/s1. The van der Waals surface area contributed by atoms with Crippen molar-refractivity contribution in [2.75, 3.05) is 27.3 Å². The van der Waals surface area contributed by atoms with Crippen molar-refractivity contribution in [1.82, 2.24) is 4.98 Å². The molecule has 6 rings (SSSR count). The molecule has 34 heavy (non-hydrogen) atoms. The third-order valence-electron chi connectivity index (χ3n) is 7.54. The second kappa shape index (κ2) is 9.47. The van der Waals surface area contributed by atoms with Crippen LogP contribution in [0.1, 0.15) is 34.9 Å². The zero-order valence-electron chi connectivity index (χ0n) is 19.7. The summed E-state index contributed by atoms with van der Waals surface area (Å²) in [6, 6.07) is 15.1. The first-order valence-electron chi connectivity index (χ1n) is 11.9. The van der Waals surface area contributed by atoms with Crippen LogP contribution in [0.4, 0.5) is 0 Å². The third kappa shape index (κ3) is 4.14. The molecule has 6 nitrogen and oxygen atoms in total. The van der Waals surface area contributed by atoms with Gasteiger partial charge < -0.3 is 19.1 Å². The van der Waals surface area contributed by atoms with E-state index in [0.29, 0.717) is 23.1 Å². The van der Waals surface area contributed by atoms with Gasteiger partial charge in [-0.25, -0.2) is 4.79 Å². The van der Waals surface area contributed by atoms with E-state index in [-0.39, 0.29) is 12.0 Å². The van der Waals surface area contributed by atoms with E-state index in [0.717, 1.165) is 41.7 Å². The summed E-state index contributed by atoms with van der Waals surface area (Å²) in [5.41, 5.74) is 2.35. The van der Waals surface area contributed by atoms with Crippen LogP contribution in [0.5, 0.6) is 11.5 Å². The van der Waals surface area contributed by atoms with Crippen molar-refractivity contribution < 1.29 is 23.9 Å². The minimum atomic E-state index is -0.393. The molecule has 1 unspecified atom stereocenters. The number of piperidine rings is 3. The van der Waals surface area contributed by atoms with Gasteiger partial charge in [-0.3, -0.25) is 4.98 Å². The van der Waals surface area contributed by atoms with E-state index in [1.54, 1.807) is 44.7 Å². The minimum absolute atomic E-state index is 0.175. The van der Waals surface area contributed by atoms with Gasteiger partial charge in [-0.15, -0.1) is 6.58 Å². The molecule has 1 N–H and O–H groups in total. The lowest BCUT2D eigenvalue weighted by atomic mass is 9.73. The van der Waals surface area contributed by atoms with Crippen LogP contribution >= 0.6 is 0 Å². The molecule has 0 spiro atoms. The van der Waals surface area contributed by atoms with Crippen molar-refractivity contribution in [3.63, 3.8) is 0 Å². The summed E-state index contributed by atoms with van der Waals surface area (Å²) in [7, 11) is 3.27. The summed E-state index contributed by atoms with van der Waals surface area (Å²) >= 11 is 0. The van der Waals surface area contributed by atoms with E-state index in [4.69, 9.17) is 14.2 Å². The number of aromatic nitrogens is 1. The number of ether oxygens (including phenoxy) is 3. The highest BCUT2D eigenvalue weighted by molar-refractivity contribution is 5.90.